The van der Waals surface area contributed by atoms with Gasteiger partial charge in [0, 0.05) is 12.6 Å². The topological polar surface area (TPSA) is 38.0 Å². The number of hydrogen-bond acceptors (Lipinski definition) is 2. The molecule has 2 saturated carbocycles. The summed E-state index contributed by atoms with van der Waals surface area (Å²) in [6.45, 7) is 3.01. The molecule has 0 radical (unpaired) electrons. The molecule has 2 aliphatic carbocycles. The molecule has 2 heteroatoms. The van der Waals surface area contributed by atoms with E-state index in [1.165, 1.54) is 31.2 Å². The highest BCUT2D eigenvalue weighted by Crippen LogP contribution is 2.44. The summed E-state index contributed by atoms with van der Waals surface area (Å²) >= 11 is 0. The first kappa shape index (κ1) is 12.2. The molecule has 3 rings (SSSR count). The third-order valence-corrected chi connectivity index (χ3v) is 4.40. The fourth-order valence-electron chi connectivity index (χ4n) is 2.88. The molecule has 0 saturated heterocycles. The van der Waals surface area contributed by atoms with Crippen LogP contribution >= 0.6 is 0 Å². The van der Waals surface area contributed by atoms with E-state index in [0.717, 1.165) is 24.4 Å². The monoisotopic (exact) mass is 244 g/mol. The lowest BCUT2D eigenvalue weighted by Crippen LogP contribution is -2.47. The highest BCUT2D eigenvalue weighted by Gasteiger charge is 2.41. The summed E-state index contributed by atoms with van der Waals surface area (Å²) in [7, 11) is 0. The van der Waals surface area contributed by atoms with E-state index in [0.29, 0.717) is 0 Å². The van der Waals surface area contributed by atoms with Crippen molar-refractivity contribution in [1.29, 1.82) is 0 Å². The van der Waals surface area contributed by atoms with Gasteiger partial charge in [-0.05, 0) is 50.0 Å². The smallest absolute Gasteiger partial charge is 0.0507 e. The fraction of sp³-hybridized carbons (Fsp3) is 0.625. The van der Waals surface area contributed by atoms with E-state index >= 15 is 0 Å². The Morgan fingerprint density at radius 3 is 2.22 bits per heavy atom. The SMILES string of the molecule is CC(N)(CNC(C1CC1)C1CC1)c1ccccc1. The Balaban J connectivity index is 1.61. The lowest BCUT2D eigenvalue weighted by molar-refractivity contribution is 0.355. The van der Waals surface area contributed by atoms with Crippen LogP contribution in [0.15, 0.2) is 30.3 Å². The van der Waals surface area contributed by atoms with Gasteiger partial charge in [-0.15, -0.1) is 0 Å². The van der Waals surface area contributed by atoms with Gasteiger partial charge >= 0.3 is 0 Å². The van der Waals surface area contributed by atoms with Crippen molar-refractivity contribution in [2.24, 2.45) is 17.6 Å². The van der Waals surface area contributed by atoms with E-state index in [4.69, 9.17) is 5.73 Å². The zero-order chi connectivity index (χ0) is 12.6. The molecular weight excluding hydrogens is 220 g/mol. The van der Waals surface area contributed by atoms with Crippen molar-refractivity contribution in [2.45, 2.75) is 44.2 Å². The van der Waals surface area contributed by atoms with Crippen molar-refractivity contribution >= 4 is 0 Å². The normalized spacial score (nSPS) is 23.1. The lowest BCUT2D eigenvalue weighted by Gasteiger charge is -2.29. The average molecular weight is 244 g/mol. The largest absolute Gasteiger partial charge is 0.321 e. The van der Waals surface area contributed by atoms with Crippen LogP contribution < -0.4 is 11.1 Å². The second-order valence-electron chi connectivity index (χ2n) is 6.37. The Labute approximate surface area is 110 Å². The van der Waals surface area contributed by atoms with Crippen LogP contribution in [0, 0.1) is 11.8 Å². The van der Waals surface area contributed by atoms with Crippen LogP contribution in [0.3, 0.4) is 0 Å². The van der Waals surface area contributed by atoms with Gasteiger partial charge in [0.1, 0.15) is 0 Å². The molecule has 0 aliphatic heterocycles. The van der Waals surface area contributed by atoms with E-state index < -0.39 is 0 Å². The van der Waals surface area contributed by atoms with Crippen molar-refractivity contribution in [3.63, 3.8) is 0 Å². The molecule has 0 spiro atoms. The summed E-state index contributed by atoms with van der Waals surface area (Å²) in [5.74, 6) is 1.87. The third kappa shape index (κ3) is 2.76. The number of rotatable bonds is 6. The van der Waals surface area contributed by atoms with Gasteiger partial charge in [0.2, 0.25) is 0 Å². The standard InChI is InChI=1S/C16H24N2/c1-16(17,14-5-3-2-4-6-14)11-18-15(12-7-8-12)13-9-10-13/h2-6,12-13,15,18H,7-11,17H2,1H3. The van der Waals surface area contributed by atoms with Gasteiger partial charge in [-0.2, -0.15) is 0 Å². The maximum atomic E-state index is 6.46. The molecule has 1 atom stereocenters. The molecule has 0 amide bonds. The van der Waals surface area contributed by atoms with E-state index in [1.54, 1.807) is 0 Å². The van der Waals surface area contributed by atoms with Crippen LogP contribution in [0.1, 0.15) is 38.2 Å². The van der Waals surface area contributed by atoms with Gasteiger partial charge in [0.05, 0.1) is 5.54 Å². The molecule has 2 aliphatic rings. The minimum atomic E-state index is -0.261. The van der Waals surface area contributed by atoms with Crippen LogP contribution in [-0.2, 0) is 5.54 Å². The zero-order valence-corrected chi connectivity index (χ0v) is 11.2. The van der Waals surface area contributed by atoms with E-state index in [9.17, 15) is 0 Å². The lowest BCUT2D eigenvalue weighted by atomic mass is 9.92. The molecule has 1 aromatic carbocycles. The molecule has 1 unspecified atom stereocenters. The van der Waals surface area contributed by atoms with Crippen LogP contribution in [-0.4, -0.2) is 12.6 Å². The summed E-state index contributed by atoms with van der Waals surface area (Å²) in [5, 5.41) is 3.76. The average Bonchev–Trinajstić information content (AvgIpc) is 3.24. The molecule has 0 heterocycles. The summed E-state index contributed by atoms with van der Waals surface area (Å²) in [6.07, 6.45) is 5.67. The van der Waals surface area contributed by atoms with Gasteiger partial charge < -0.3 is 11.1 Å². The Kier molecular flexibility index (Phi) is 3.16. The fourth-order valence-corrected chi connectivity index (χ4v) is 2.88. The minimum absolute atomic E-state index is 0.261. The van der Waals surface area contributed by atoms with Crippen LogP contribution in [0.4, 0.5) is 0 Å². The summed E-state index contributed by atoms with van der Waals surface area (Å²) in [6, 6.07) is 11.2. The van der Waals surface area contributed by atoms with Crippen molar-refractivity contribution in [2.75, 3.05) is 6.54 Å². The van der Waals surface area contributed by atoms with Crippen molar-refractivity contribution in [3.8, 4) is 0 Å². The number of nitrogens with one attached hydrogen (secondary N) is 1. The molecule has 0 aromatic heterocycles. The quantitative estimate of drug-likeness (QED) is 0.807. The van der Waals surface area contributed by atoms with E-state index in [-0.39, 0.29) is 5.54 Å². The highest BCUT2D eigenvalue weighted by molar-refractivity contribution is 5.23. The van der Waals surface area contributed by atoms with Gasteiger partial charge in [-0.1, -0.05) is 30.3 Å². The first-order valence-corrected chi connectivity index (χ1v) is 7.24. The molecule has 2 fully saturated rings. The zero-order valence-electron chi connectivity index (χ0n) is 11.2. The maximum Gasteiger partial charge on any atom is 0.0507 e. The van der Waals surface area contributed by atoms with E-state index in [2.05, 4.69) is 36.5 Å². The number of benzene rings is 1. The predicted octanol–water partition coefficient (Wildman–Crippen LogP) is 2.64. The van der Waals surface area contributed by atoms with Crippen molar-refractivity contribution < 1.29 is 0 Å². The van der Waals surface area contributed by atoms with Gasteiger partial charge in [0.15, 0.2) is 0 Å². The first-order chi connectivity index (χ1) is 8.67. The first-order valence-electron chi connectivity index (χ1n) is 7.24. The summed E-state index contributed by atoms with van der Waals surface area (Å²) < 4.78 is 0. The Morgan fingerprint density at radius 1 is 1.17 bits per heavy atom. The Bertz CT molecular complexity index is 379. The second kappa shape index (κ2) is 4.67. The molecular formula is C16H24N2. The molecule has 3 N–H and O–H groups in total. The van der Waals surface area contributed by atoms with Crippen LogP contribution in [0.5, 0.6) is 0 Å². The Morgan fingerprint density at radius 2 is 1.72 bits per heavy atom. The summed E-state index contributed by atoms with van der Waals surface area (Å²) in [4.78, 5) is 0. The molecule has 0 bridgehead atoms. The van der Waals surface area contributed by atoms with Crippen LogP contribution in [0.25, 0.3) is 0 Å². The van der Waals surface area contributed by atoms with Gasteiger partial charge in [0.25, 0.3) is 0 Å². The van der Waals surface area contributed by atoms with Crippen molar-refractivity contribution in [3.05, 3.63) is 35.9 Å². The van der Waals surface area contributed by atoms with E-state index in [1.807, 2.05) is 6.07 Å². The summed E-state index contributed by atoms with van der Waals surface area (Å²) in [5.41, 5.74) is 7.43. The Hall–Kier alpha value is -0.860. The number of nitrogens with two attached hydrogens (primary N) is 1. The van der Waals surface area contributed by atoms with Crippen molar-refractivity contribution in [1.82, 2.24) is 5.32 Å². The second-order valence-corrected chi connectivity index (χ2v) is 6.37. The third-order valence-electron chi connectivity index (χ3n) is 4.40. The van der Waals surface area contributed by atoms with Crippen LogP contribution in [0.2, 0.25) is 0 Å². The van der Waals surface area contributed by atoms with Gasteiger partial charge in [-0.25, -0.2) is 0 Å². The molecule has 98 valence electrons. The molecule has 2 nitrogen and oxygen atoms in total. The molecule has 18 heavy (non-hydrogen) atoms. The van der Waals surface area contributed by atoms with Gasteiger partial charge in [-0.3, -0.25) is 0 Å². The molecule has 1 aromatic rings. The highest BCUT2D eigenvalue weighted by atomic mass is 15.0. The number of hydrogen-bond donors (Lipinski definition) is 2. The predicted molar refractivity (Wildman–Crippen MR) is 75.2 cm³/mol. The minimum Gasteiger partial charge on any atom is -0.321 e. The maximum absolute atomic E-state index is 6.46.